The number of hydrogen-bond acceptors (Lipinski definition) is 3. The number of benzene rings is 1. The zero-order valence-corrected chi connectivity index (χ0v) is 13.0. The Morgan fingerprint density at radius 3 is 2.77 bits per heavy atom. The third-order valence-electron chi connectivity index (χ3n) is 3.31. The third kappa shape index (κ3) is 4.62. The maximum atomic E-state index is 11.8. The first-order valence-corrected chi connectivity index (χ1v) is 7.57. The van der Waals surface area contributed by atoms with E-state index in [2.05, 4.69) is 10.3 Å². The van der Waals surface area contributed by atoms with Gasteiger partial charge in [-0.2, -0.15) is 0 Å². The summed E-state index contributed by atoms with van der Waals surface area (Å²) in [5, 5.41) is 3.90. The second kappa shape index (κ2) is 7.64. The van der Waals surface area contributed by atoms with Crippen molar-refractivity contribution < 1.29 is 14.3 Å². The number of carbonyl (C=O) groups excluding carboxylic acids is 2. The number of para-hydroxylation sites is 1. The number of amides is 1. The van der Waals surface area contributed by atoms with Gasteiger partial charge in [-0.1, -0.05) is 18.2 Å². The summed E-state index contributed by atoms with van der Waals surface area (Å²) >= 11 is 0. The zero-order chi connectivity index (χ0) is 15.9. The second-order valence-electron chi connectivity index (χ2n) is 5.50. The Morgan fingerprint density at radius 2 is 2.00 bits per heavy atom. The van der Waals surface area contributed by atoms with E-state index in [0.717, 1.165) is 16.5 Å². The van der Waals surface area contributed by atoms with Crippen molar-refractivity contribution >= 4 is 22.8 Å². The molecule has 0 aliphatic heterocycles. The molecule has 0 atom stereocenters. The van der Waals surface area contributed by atoms with E-state index in [4.69, 9.17) is 4.74 Å². The molecular weight excluding hydrogens is 280 g/mol. The van der Waals surface area contributed by atoms with Gasteiger partial charge in [-0.05, 0) is 31.9 Å². The van der Waals surface area contributed by atoms with Crippen LogP contribution in [-0.4, -0.2) is 29.5 Å². The average molecular weight is 302 g/mol. The molecule has 2 aromatic rings. The lowest BCUT2D eigenvalue weighted by atomic mass is 10.1. The number of rotatable bonds is 7. The molecule has 0 unspecified atom stereocenters. The SMILES string of the molecule is CC(C)OC(=O)CCNC(=O)CCc1c[nH]c2ccccc12. The summed E-state index contributed by atoms with van der Waals surface area (Å²) in [6.45, 7) is 3.92. The lowest BCUT2D eigenvalue weighted by molar-refractivity contribution is -0.147. The molecule has 0 aliphatic carbocycles. The van der Waals surface area contributed by atoms with Crippen LogP contribution in [-0.2, 0) is 20.7 Å². The topological polar surface area (TPSA) is 71.2 Å². The van der Waals surface area contributed by atoms with Crippen LogP contribution in [0.3, 0.4) is 0 Å². The van der Waals surface area contributed by atoms with Crippen molar-refractivity contribution in [2.24, 2.45) is 0 Å². The van der Waals surface area contributed by atoms with Gasteiger partial charge in [-0.15, -0.1) is 0 Å². The highest BCUT2D eigenvalue weighted by molar-refractivity contribution is 5.84. The number of aromatic nitrogens is 1. The Kier molecular flexibility index (Phi) is 5.58. The van der Waals surface area contributed by atoms with Crippen LogP contribution in [0.15, 0.2) is 30.5 Å². The number of fused-ring (bicyclic) bond motifs is 1. The van der Waals surface area contributed by atoms with E-state index >= 15 is 0 Å². The molecule has 22 heavy (non-hydrogen) atoms. The van der Waals surface area contributed by atoms with Crippen LogP contribution in [0.4, 0.5) is 0 Å². The van der Waals surface area contributed by atoms with E-state index in [-0.39, 0.29) is 24.4 Å². The highest BCUT2D eigenvalue weighted by Crippen LogP contribution is 2.18. The predicted octanol–water partition coefficient (Wildman–Crippen LogP) is 2.56. The van der Waals surface area contributed by atoms with Gasteiger partial charge in [0.1, 0.15) is 0 Å². The number of ether oxygens (including phenoxy) is 1. The van der Waals surface area contributed by atoms with Gasteiger partial charge in [0.15, 0.2) is 0 Å². The number of esters is 1. The van der Waals surface area contributed by atoms with E-state index in [0.29, 0.717) is 19.4 Å². The smallest absolute Gasteiger partial charge is 0.307 e. The molecule has 118 valence electrons. The quantitative estimate of drug-likeness (QED) is 0.772. The Morgan fingerprint density at radius 1 is 1.23 bits per heavy atom. The van der Waals surface area contributed by atoms with Crippen molar-refractivity contribution in [3.63, 3.8) is 0 Å². The first kappa shape index (κ1) is 16.1. The van der Waals surface area contributed by atoms with E-state index in [1.54, 1.807) is 13.8 Å². The molecule has 0 bridgehead atoms. The highest BCUT2D eigenvalue weighted by Gasteiger charge is 2.08. The molecule has 0 spiro atoms. The molecule has 1 aromatic carbocycles. The molecule has 5 heteroatoms. The molecule has 2 rings (SSSR count). The Labute approximate surface area is 130 Å². The van der Waals surface area contributed by atoms with Crippen LogP contribution in [0, 0.1) is 0 Å². The lowest BCUT2D eigenvalue weighted by Crippen LogP contribution is -2.27. The van der Waals surface area contributed by atoms with Gasteiger partial charge >= 0.3 is 5.97 Å². The summed E-state index contributed by atoms with van der Waals surface area (Å²) in [6.07, 6.45) is 3.10. The molecule has 0 saturated heterocycles. The van der Waals surface area contributed by atoms with Crippen LogP contribution in [0.1, 0.15) is 32.3 Å². The molecule has 1 heterocycles. The molecule has 0 saturated carbocycles. The van der Waals surface area contributed by atoms with Crippen molar-refractivity contribution in [3.8, 4) is 0 Å². The largest absolute Gasteiger partial charge is 0.463 e. The number of carbonyl (C=O) groups is 2. The highest BCUT2D eigenvalue weighted by atomic mass is 16.5. The first-order chi connectivity index (χ1) is 10.6. The number of aryl methyl sites for hydroxylation is 1. The number of nitrogens with one attached hydrogen (secondary N) is 2. The summed E-state index contributed by atoms with van der Waals surface area (Å²) in [5.41, 5.74) is 2.21. The number of H-pyrrole nitrogens is 1. The van der Waals surface area contributed by atoms with Crippen molar-refractivity contribution in [3.05, 3.63) is 36.0 Å². The summed E-state index contributed by atoms with van der Waals surface area (Å²) in [5.74, 6) is -0.338. The minimum Gasteiger partial charge on any atom is -0.463 e. The zero-order valence-electron chi connectivity index (χ0n) is 13.0. The standard InChI is InChI=1S/C17H22N2O3/c1-12(2)22-17(21)9-10-18-16(20)8-7-13-11-19-15-6-4-3-5-14(13)15/h3-6,11-12,19H,7-10H2,1-2H3,(H,18,20). The first-order valence-electron chi connectivity index (χ1n) is 7.57. The van der Waals surface area contributed by atoms with Gasteiger partial charge in [-0.3, -0.25) is 9.59 Å². The van der Waals surface area contributed by atoms with Crippen LogP contribution in [0.5, 0.6) is 0 Å². The summed E-state index contributed by atoms with van der Waals surface area (Å²) in [6, 6.07) is 8.02. The fourth-order valence-electron chi connectivity index (χ4n) is 2.30. The van der Waals surface area contributed by atoms with Crippen LogP contribution in [0.25, 0.3) is 10.9 Å². The van der Waals surface area contributed by atoms with Crippen molar-refractivity contribution in [2.45, 2.75) is 39.2 Å². The van der Waals surface area contributed by atoms with E-state index in [9.17, 15) is 9.59 Å². The Hall–Kier alpha value is -2.30. The lowest BCUT2D eigenvalue weighted by Gasteiger charge is -2.08. The number of aromatic amines is 1. The Bertz CT molecular complexity index is 646. The molecule has 1 amide bonds. The van der Waals surface area contributed by atoms with Gasteiger partial charge in [0, 0.05) is 30.1 Å². The molecule has 0 aliphatic rings. The van der Waals surface area contributed by atoms with Gasteiger partial charge in [0.05, 0.1) is 12.5 Å². The molecule has 0 radical (unpaired) electrons. The van der Waals surface area contributed by atoms with E-state index in [1.165, 1.54) is 0 Å². The summed E-state index contributed by atoms with van der Waals surface area (Å²) < 4.78 is 5.00. The van der Waals surface area contributed by atoms with Crippen LogP contribution >= 0.6 is 0 Å². The second-order valence-corrected chi connectivity index (χ2v) is 5.50. The average Bonchev–Trinajstić information content (AvgIpc) is 2.87. The molecule has 0 fully saturated rings. The maximum Gasteiger partial charge on any atom is 0.307 e. The predicted molar refractivity (Wildman–Crippen MR) is 85.5 cm³/mol. The van der Waals surface area contributed by atoms with Crippen LogP contribution < -0.4 is 5.32 Å². The molecule has 1 aromatic heterocycles. The Balaban J connectivity index is 1.73. The van der Waals surface area contributed by atoms with Gasteiger partial charge in [-0.25, -0.2) is 0 Å². The molecular formula is C17H22N2O3. The molecule has 2 N–H and O–H groups in total. The number of hydrogen-bond donors (Lipinski definition) is 2. The van der Waals surface area contributed by atoms with Gasteiger partial charge < -0.3 is 15.0 Å². The van der Waals surface area contributed by atoms with Gasteiger partial charge in [0.25, 0.3) is 0 Å². The third-order valence-corrected chi connectivity index (χ3v) is 3.31. The van der Waals surface area contributed by atoms with Crippen molar-refractivity contribution in [1.29, 1.82) is 0 Å². The maximum absolute atomic E-state index is 11.8. The van der Waals surface area contributed by atoms with E-state index < -0.39 is 0 Å². The monoisotopic (exact) mass is 302 g/mol. The fraction of sp³-hybridized carbons (Fsp3) is 0.412. The summed E-state index contributed by atoms with van der Waals surface area (Å²) in [4.78, 5) is 26.3. The van der Waals surface area contributed by atoms with Crippen molar-refractivity contribution in [2.75, 3.05) is 6.54 Å². The minimum atomic E-state index is -0.285. The molecule has 5 nitrogen and oxygen atoms in total. The normalized spacial score (nSPS) is 10.9. The van der Waals surface area contributed by atoms with Crippen LogP contribution in [0.2, 0.25) is 0 Å². The van der Waals surface area contributed by atoms with Gasteiger partial charge in [0.2, 0.25) is 5.91 Å². The summed E-state index contributed by atoms with van der Waals surface area (Å²) in [7, 11) is 0. The van der Waals surface area contributed by atoms with E-state index in [1.807, 2.05) is 30.5 Å². The fourth-order valence-corrected chi connectivity index (χ4v) is 2.30. The van der Waals surface area contributed by atoms with Crippen molar-refractivity contribution in [1.82, 2.24) is 10.3 Å². The minimum absolute atomic E-state index is 0.0531.